The largest absolute Gasteiger partial charge is 0.356 e. The average Bonchev–Trinajstić information content (AvgIpc) is 2.42. The van der Waals surface area contributed by atoms with Gasteiger partial charge in [0, 0.05) is 26.5 Å². The lowest BCUT2D eigenvalue weighted by Crippen LogP contribution is -2.25. The Balaban J connectivity index is 3.01. The molecule has 0 aliphatic rings. The molecule has 1 heterocycles. The first-order chi connectivity index (χ1) is 6.06. The van der Waals surface area contributed by atoms with Crippen molar-refractivity contribution in [3.63, 3.8) is 0 Å². The predicted molar refractivity (Wildman–Crippen MR) is 48.3 cm³/mol. The summed E-state index contributed by atoms with van der Waals surface area (Å²) in [7, 11) is 3.28. The lowest BCUT2D eigenvalue weighted by atomic mass is 10.2. The first-order valence-electron chi connectivity index (χ1n) is 3.91. The van der Waals surface area contributed by atoms with Crippen molar-refractivity contribution < 1.29 is 9.59 Å². The second-order valence-electron chi connectivity index (χ2n) is 3.04. The topological polar surface area (TPSA) is 42.3 Å². The fourth-order valence-corrected chi connectivity index (χ4v) is 1.18. The summed E-state index contributed by atoms with van der Waals surface area (Å²) >= 11 is 0. The van der Waals surface area contributed by atoms with Crippen LogP contribution in [0, 0.1) is 6.92 Å². The Labute approximate surface area is 76.8 Å². The Bertz CT molecular complexity index is 341. The molecule has 0 unspecified atom stereocenters. The van der Waals surface area contributed by atoms with E-state index in [0.717, 1.165) is 10.5 Å². The molecule has 0 aliphatic heterocycles. The van der Waals surface area contributed by atoms with Crippen molar-refractivity contribution in [3.8, 4) is 0 Å². The zero-order valence-corrected chi connectivity index (χ0v) is 7.94. The second-order valence-corrected chi connectivity index (χ2v) is 3.04. The Hall–Kier alpha value is -1.58. The molecule has 0 saturated carbocycles. The number of carbonyl (C=O) groups excluding carboxylic acids is 2. The second kappa shape index (κ2) is 3.43. The molecule has 0 aliphatic carbocycles. The van der Waals surface area contributed by atoms with E-state index in [1.165, 1.54) is 7.05 Å². The highest BCUT2D eigenvalue weighted by Gasteiger charge is 2.14. The van der Waals surface area contributed by atoms with Gasteiger partial charge in [0.25, 0.3) is 5.91 Å². The molecule has 2 amide bonds. The summed E-state index contributed by atoms with van der Waals surface area (Å²) in [6.45, 7) is 1.84. The predicted octanol–water partition coefficient (Wildman–Crippen LogP) is 0.562. The number of rotatable bonds is 2. The Morgan fingerprint density at radius 1 is 1.54 bits per heavy atom. The van der Waals surface area contributed by atoms with E-state index in [0.29, 0.717) is 12.0 Å². The van der Waals surface area contributed by atoms with Gasteiger partial charge >= 0.3 is 0 Å². The highest BCUT2D eigenvalue weighted by molar-refractivity contribution is 6.00. The van der Waals surface area contributed by atoms with Gasteiger partial charge in [-0.2, -0.15) is 0 Å². The Kier molecular flexibility index (Phi) is 2.51. The minimum Gasteiger partial charge on any atom is -0.356 e. The average molecular weight is 180 g/mol. The summed E-state index contributed by atoms with van der Waals surface area (Å²) in [5, 5.41) is 0. The van der Waals surface area contributed by atoms with Crippen molar-refractivity contribution in [1.29, 1.82) is 0 Å². The molecule has 1 aromatic rings. The van der Waals surface area contributed by atoms with Crippen molar-refractivity contribution in [3.05, 3.63) is 23.5 Å². The van der Waals surface area contributed by atoms with Gasteiger partial charge in [0.1, 0.15) is 0 Å². The van der Waals surface area contributed by atoms with E-state index in [4.69, 9.17) is 0 Å². The minimum atomic E-state index is -0.270. The van der Waals surface area contributed by atoms with Crippen LogP contribution in [0.15, 0.2) is 12.4 Å². The van der Waals surface area contributed by atoms with Gasteiger partial charge in [-0.05, 0) is 12.5 Å². The summed E-state index contributed by atoms with van der Waals surface area (Å²) in [6, 6.07) is 0. The maximum Gasteiger partial charge on any atom is 0.261 e. The molecular formula is C9H12N2O2. The van der Waals surface area contributed by atoms with Crippen LogP contribution in [-0.2, 0) is 11.8 Å². The lowest BCUT2D eigenvalue weighted by Gasteiger charge is -2.07. The molecular weight excluding hydrogens is 168 g/mol. The lowest BCUT2D eigenvalue weighted by molar-refractivity contribution is -0.115. The monoisotopic (exact) mass is 180 g/mol. The fourth-order valence-electron chi connectivity index (χ4n) is 1.18. The van der Waals surface area contributed by atoms with Gasteiger partial charge in [0.2, 0.25) is 6.41 Å². The van der Waals surface area contributed by atoms with Crippen LogP contribution in [0.5, 0.6) is 0 Å². The number of aromatic nitrogens is 1. The van der Waals surface area contributed by atoms with Crippen molar-refractivity contribution >= 4 is 12.3 Å². The summed E-state index contributed by atoms with van der Waals surface area (Å²) in [5.41, 5.74) is 1.44. The van der Waals surface area contributed by atoms with Crippen LogP contribution in [0.4, 0.5) is 0 Å². The molecule has 0 fully saturated rings. The molecule has 0 saturated heterocycles. The first-order valence-corrected chi connectivity index (χ1v) is 3.91. The molecule has 4 nitrogen and oxygen atoms in total. The normalized spacial score (nSPS) is 9.77. The molecule has 0 N–H and O–H groups in total. The highest BCUT2D eigenvalue weighted by Crippen LogP contribution is 2.09. The van der Waals surface area contributed by atoms with Gasteiger partial charge in [-0.15, -0.1) is 0 Å². The third-order valence-corrected chi connectivity index (χ3v) is 1.86. The number of carbonyl (C=O) groups is 2. The number of hydrogen-bond acceptors (Lipinski definition) is 2. The fraction of sp³-hybridized carbons (Fsp3) is 0.333. The maximum atomic E-state index is 11.5. The quantitative estimate of drug-likeness (QED) is 0.624. The Morgan fingerprint density at radius 3 is 2.54 bits per heavy atom. The molecule has 0 aromatic carbocycles. The molecule has 0 bridgehead atoms. The van der Waals surface area contributed by atoms with Crippen LogP contribution in [0.2, 0.25) is 0 Å². The van der Waals surface area contributed by atoms with Gasteiger partial charge < -0.3 is 4.57 Å². The number of nitrogens with zero attached hydrogens (tertiary/aromatic N) is 2. The van der Waals surface area contributed by atoms with Gasteiger partial charge in [-0.25, -0.2) is 0 Å². The molecule has 0 spiro atoms. The van der Waals surface area contributed by atoms with E-state index >= 15 is 0 Å². The maximum absolute atomic E-state index is 11.5. The van der Waals surface area contributed by atoms with E-state index < -0.39 is 0 Å². The van der Waals surface area contributed by atoms with E-state index in [1.54, 1.807) is 10.8 Å². The highest BCUT2D eigenvalue weighted by atomic mass is 16.2. The van der Waals surface area contributed by atoms with Gasteiger partial charge in [-0.1, -0.05) is 0 Å². The summed E-state index contributed by atoms with van der Waals surface area (Å²) in [6.07, 6.45) is 4.05. The molecule has 0 radical (unpaired) electrons. The van der Waals surface area contributed by atoms with Crippen LogP contribution in [0.1, 0.15) is 15.9 Å². The van der Waals surface area contributed by atoms with Gasteiger partial charge in [0.05, 0.1) is 5.56 Å². The van der Waals surface area contributed by atoms with Gasteiger partial charge in [-0.3, -0.25) is 14.5 Å². The summed E-state index contributed by atoms with van der Waals surface area (Å²) in [5.74, 6) is -0.270. The summed E-state index contributed by atoms with van der Waals surface area (Å²) < 4.78 is 1.79. The molecule has 13 heavy (non-hydrogen) atoms. The van der Waals surface area contributed by atoms with Crippen LogP contribution < -0.4 is 0 Å². The minimum absolute atomic E-state index is 0.270. The molecule has 70 valence electrons. The number of amides is 2. The van der Waals surface area contributed by atoms with Crippen molar-refractivity contribution in [2.24, 2.45) is 7.05 Å². The third-order valence-electron chi connectivity index (χ3n) is 1.86. The van der Waals surface area contributed by atoms with E-state index in [9.17, 15) is 9.59 Å². The van der Waals surface area contributed by atoms with Crippen molar-refractivity contribution in [2.45, 2.75) is 6.92 Å². The van der Waals surface area contributed by atoms with Crippen LogP contribution in [0.3, 0.4) is 0 Å². The first kappa shape index (κ1) is 9.51. The summed E-state index contributed by atoms with van der Waals surface area (Å²) in [4.78, 5) is 22.9. The number of hydrogen-bond donors (Lipinski definition) is 0. The molecule has 4 heteroatoms. The van der Waals surface area contributed by atoms with Crippen LogP contribution in [-0.4, -0.2) is 28.8 Å². The number of aryl methyl sites for hydroxylation is 2. The zero-order valence-electron chi connectivity index (χ0n) is 7.94. The van der Waals surface area contributed by atoms with Gasteiger partial charge in [0.15, 0.2) is 0 Å². The third kappa shape index (κ3) is 1.77. The molecule has 1 aromatic heterocycles. The Morgan fingerprint density at radius 2 is 2.15 bits per heavy atom. The standard InChI is InChI=1S/C9H12N2O2/c1-7-4-10(2)5-8(7)9(13)11(3)6-12/h4-6H,1-3H3. The van der Waals surface area contributed by atoms with Crippen LogP contribution >= 0.6 is 0 Å². The van der Waals surface area contributed by atoms with E-state index in [-0.39, 0.29) is 5.91 Å². The zero-order chi connectivity index (χ0) is 10.0. The van der Waals surface area contributed by atoms with E-state index in [2.05, 4.69) is 0 Å². The van der Waals surface area contributed by atoms with E-state index in [1.807, 2.05) is 20.2 Å². The van der Waals surface area contributed by atoms with Crippen LogP contribution in [0.25, 0.3) is 0 Å². The SMILES string of the molecule is Cc1cn(C)cc1C(=O)N(C)C=O. The molecule has 1 rings (SSSR count). The van der Waals surface area contributed by atoms with Crippen molar-refractivity contribution in [1.82, 2.24) is 9.47 Å². The number of imide groups is 1. The smallest absolute Gasteiger partial charge is 0.261 e. The van der Waals surface area contributed by atoms with Crippen molar-refractivity contribution in [2.75, 3.05) is 7.05 Å². The molecule has 0 atom stereocenters.